The predicted molar refractivity (Wildman–Crippen MR) is 58.4 cm³/mol. The van der Waals surface area contributed by atoms with E-state index >= 15 is 0 Å². The normalized spacial score (nSPS) is 12.2. The zero-order chi connectivity index (χ0) is 9.45. The first kappa shape index (κ1) is 12.2. The van der Waals surface area contributed by atoms with Crippen molar-refractivity contribution in [2.24, 2.45) is 5.41 Å². The van der Waals surface area contributed by atoms with Gasteiger partial charge in [-0.1, -0.05) is 40.0 Å². The van der Waals surface area contributed by atoms with Gasteiger partial charge in [-0.2, -0.15) is 0 Å². The van der Waals surface area contributed by atoms with Crippen molar-refractivity contribution in [2.75, 3.05) is 6.61 Å². The van der Waals surface area contributed by atoms with Crippen LogP contribution in [0, 0.1) is 5.41 Å². The molecular weight excluding hydrogens is 164 g/mol. The van der Waals surface area contributed by atoms with Crippen molar-refractivity contribution in [3.05, 3.63) is 0 Å². The van der Waals surface area contributed by atoms with Crippen molar-refractivity contribution in [3.8, 4) is 0 Å². The highest BCUT2D eigenvalue weighted by atomic mass is 28.2. The van der Waals surface area contributed by atoms with E-state index in [1.54, 1.807) is 0 Å². The monoisotopic (exact) mass is 188 g/mol. The Labute approximate surface area is 80.4 Å². The highest BCUT2D eigenvalue weighted by Gasteiger charge is 2.08. The van der Waals surface area contributed by atoms with Gasteiger partial charge in [-0.3, -0.25) is 0 Å². The van der Waals surface area contributed by atoms with Gasteiger partial charge < -0.3 is 4.43 Å². The number of rotatable bonds is 6. The lowest BCUT2D eigenvalue weighted by Gasteiger charge is -2.17. The Morgan fingerprint density at radius 2 is 1.58 bits per heavy atom. The average molecular weight is 188 g/mol. The van der Waals surface area contributed by atoms with E-state index < -0.39 is 0 Å². The van der Waals surface area contributed by atoms with E-state index in [-0.39, 0.29) is 0 Å². The van der Waals surface area contributed by atoms with Crippen molar-refractivity contribution >= 4 is 10.5 Å². The second-order valence-electron chi connectivity index (χ2n) is 4.72. The number of unbranched alkanes of at least 4 members (excludes halogenated alkanes) is 3. The van der Waals surface area contributed by atoms with Crippen molar-refractivity contribution in [2.45, 2.75) is 52.9 Å². The van der Waals surface area contributed by atoms with Crippen molar-refractivity contribution in [1.29, 1.82) is 0 Å². The van der Waals surface area contributed by atoms with Gasteiger partial charge in [-0.25, -0.2) is 0 Å². The van der Waals surface area contributed by atoms with E-state index in [0.29, 0.717) is 5.41 Å². The van der Waals surface area contributed by atoms with Crippen LogP contribution in [0.2, 0.25) is 0 Å². The fourth-order valence-corrected chi connectivity index (χ4v) is 1.54. The second-order valence-corrected chi connectivity index (χ2v) is 5.30. The molecule has 0 aromatic carbocycles. The smallest absolute Gasteiger partial charge is 0.145 e. The molecule has 0 spiro atoms. The van der Waals surface area contributed by atoms with Gasteiger partial charge in [0, 0.05) is 6.61 Å². The minimum atomic E-state index is 0.522. The minimum absolute atomic E-state index is 0.522. The highest BCUT2D eigenvalue weighted by molar-refractivity contribution is 5.97. The van der Waals surface area contributed by atoms with Crippen LogP contribution in [0.15, 0.2) is 0 Å². The van der Waals surface area contributed by atoms with Gasteiger partial charge in [-0.15, -0.1) is 0 Å². The van der Waals surface area contributed by atoms with Crippen molar-refractivity contribution in [3.63, 3.8) is 0 Å². The molecule has 1 nitrogen and oxygen atoms in total. The standard InChI is InChI=1S/C10H24OSi/c1-10(2,3)8-6-4-5-7-9-11-12/h4-9H2,1-3,12H3. The van der Waals surface area contributed by atoms with E-state index in [1.165, 1.54) is 32.1 Å². The van der Waals surface area contributed by atoms with Crippen LogP contribution in [0.5, 0.6) is 0 Å². The quantitative estimate of drug-likeness (QED) is 0.459. The Hall–Kier alpha value is 0.177. The molecule has 0 N–H and O–H groups in total. The summed E-state index contributed by atoms with van der Waals surface area (Å²) in [5, 5.41) is 0. The third-order valence-corrected chi connectivity index (χ3v) is 2.43. The maximum atomic E-state index is 5.13. The topological polar surface area (TPSA) is 9.23 Å². The molecule has 0 atom stereocenters. The SMILES string of the molecule is CC(C)(C)CCCCCCO[SiH3]. The fraction of sp³-hybridized carbons (Fsp3) is 1.00. The van der Waals surface area contributed by atoms with E-state index in [1.807, 2.05) is 0 Å². The lowest BCUT2D eigenvalue weighted by atomic mass is 9.89. The first-order valence-electron chi connectivity index (χ1n) is 5.05. The molecule has 0 unspecified atom stereocenters. The Morgan fingerprint density at radius 3 is 2.08 bits per heavy atom. The van der Waals surface area contributed by atoms with Gasteiger partial charge in [0.15, 0.2) is 0 Å². The van der Waals surface area contributed by atoms with E-state index in [9.17, 15) is 0 Å². The Bertz CT molecular complexity index is 96.5. The maximum Gasteiger partial charge on any atom is 0.145 e. The molecule has 0 rings (SSSR count). The molecule has 0 aliphatic carbocycles. The van der Waals surface area contributed by atoms with Crippen LogP contribution >= 0.6 is 0 Å². The lowest BCUT2D eigenvalue weighted by Crippen LogP contribution is -2.04. The molecule has 0 saturated carbocycles. The fourth-order valence-electron chi connectivity index (χ4n) is 1.26. The molecule has 0 amide bonds. The lowest BCUT2D eigenvalue weighted by molar-refractivity contribution is 0.323. The van der Waals surface area contributed by atoms with Gasteiger partial charge in [0.1, 0.15) is 10.5 Å². The molecule has 2 heteroatoms. The van der Waals surface area contributed by atoms with E-state index in [0.717, 1.165) is 17.1 Å². The van der Waals surface area contributed by atoms with Gasteiger partial charge in [0.25, 0.3) is 0 Å². The molecule has 0 fully saturated rings. The maximum absolute atomic E-state index is 5.13. The molecule has 0 bridgehead atoms. The third kappa shape index (κ3) is 10.2. The van der Waals surface area contributed by atoms with Crippen molar-refractivity contribution < 1.29 is 4.43 Å². The van der Waals surface area contributed by atoms with E-state index in [4.69, 9.17) is 4.43 Å². The zero-order valence-corrected chi connectivity index (χ0v) is 11.2. The summed E-state index contributed by atoms with van der Waals surface area (Å²) in [6.45, 7) is 7.93. The van der Waals surface area contributed by atoms with Crippen LogP contribution in [0.1, 0.15) is 52.9 Å². The first-order valence-corrected chi connectivity index (χ1v) is 5.87. The molecule has 0 aromatic heterocycles. The zero-order valence-electron chi connectivity index (χ0n) is 9.15. The Balaban J connectivity index is 3.01. The summed E-state index contributed by atoms with van der Waals surface area (Å²) in [7, 11) is 0.901. The molecule has 0 heterocycles. The van der Waals surface area contributed by atoms with Crippen LogP contribution in [-0.4, -0.2) is 17.1 Å². The molecular formula is C10H24OSi. The molecule has 0 saturated heterocycles. The summed E-state index contributed by atoms with van der Waals surface area (Å²) in [5.41, 5.74) is 0.522. The van der Waals surface area contributed by atoms with Gasteiger partial charge in [0.05, 0.1) is 0 Å². The summed E-state index contributed by atoms with van der Waals surface area (Å²) < 4.78 is 5.13. The second kappa shape index (κ2) is 6.67. The number of hydrogen-bond donors (Lipinski definition) is 0. The summed E-state index contributed by atoms with van der Waals surface area (Å²) in [6, 6.07) is 0. The molecule has 0 aliphatic rings. The molecule has 12 heavy (non-hydrogen) atoms. The van der Waals surface area contributed by atoms with Crippen LogP contribution in [0.3, 0.4) is 0 Å². The molecule has 0 radical (unpaired) electrons. The molecule has 0 aliphatic heterocycles. The van der Waals surface area contributed by atoms with Gasteiger partial charge in [-0.05, 0) is 18.3 Å². The Kier molecular flexibility index (Phi) is 6.77. The van der Waals surface area contributed by atoms with Gasteiger partial charge in [0.2, 0.25) is 0 Å². The van der Waals surface area contributed by atoms with E-state index in [2.05, 4.69) is 20.8 Å². The first-order chi connectivity index (χ1) is 5.56. The van der Waals surface area contributed by atoms with Crippen LogP contribution in [0.25, 0.3) is 0 Å². The average Bonchev–Trinajstić information content (AvgIpc) is 1.94. The summed E-state index contributed by atoms with van der Waals surface area (Å²) in [6.07, 6.45) is 6.72. The predicted octanol–water partition coefficient (Wildman–Crippen LogP) is 2.28. The van der Waals surface area contributed by atoms with Crippen LogP contribution in [0.4, 0.5) is 0 Å². The summed E-state index contributed by atoms with van der Waals surface area (Å²) in [5.74, 6) is 0. The molecule has 0 aromatic rings. The summed E-state index contributed by atoms with van der Waals surface area (Å²) in [4.78, 5) is 0. The van der Waals surface area contributed by atoms with Crippen molar-refractivity contribution in [1.82, 2.24) is 0 Å². The Morgan fingerprint density at radius 1 is 1.00 bits per heavy atom. The van der Waals surface area contributed by atoms with Gasteiger partial charge >= 0.3 is 0 Å². The third-order valence-electron chi connectivity index (χ3n) is 2.03. The van der Waals surface area contributed by atoms with Crippen LogP contribution in [-0.2, 0) is 4.43 Å². The van der Waals surface area contributed by atoms with Crippen LogP contribution < -0.4 is 0 Å². The largest absolute Gasteiger partial charge is 0.428 e. The minimum Gasteiger partial charge on any atom is -0.428 e. The summed E-state index contributed by atoms with van der Waals surface area (Å²) >= 11 is 0. The number of hydrogen-bond acceptors (Lipinski definition) is 1. The molecule has 74 valence electrons. The highest BCUT2D eigenvalue weighted by Crippen LogP contribution is 2.22.